The standard InChI is InChI=1S/C22H25N3O2S2/c1-27-17-9-4-3-8-16(17)14-23-19(26)15-29-21-20(18-10-7-13-28-18)24-22(25-21)11-5-2-6-12-22/h3-4,7-10,13H,2,5-6,11-12,14-15H2,1H3,(H,23,26). The van der Waals surface area contributed by atoms with Crippen molar-refractivity contribution >= 4 is 39.8 Å². The second-order valence-electron chi connectivity index (χ2n) is 7.28. The lowest BCUT2D eigenvalue weighted by Gasteiger charge is -2.27. The molecule has 0 atom stereocenters. The van der Waals surface area contributed by atoms with Crippen LogP contribution in [-0.4, -0.2) is 35.2 Å². The monoisotopic (exact) mass is 427 g/mol. The molecule has 2 heterocycles. The molecule has 1 saturated carbocycles. The topological polar surface area (TPSA) is 63.0 Å². The summed E-state index contributed by atoms with van der Waals surface area (Å²) in [5, 5.41) is 5.95. The summed E-state index contributed by atoms with van der Waals surface area (Å²) in [6, 6.07) is 11.8. The van der Waals surface area contributed by atoms with Crippen LogP contribution in [0.1, 0.15) is 42.5 Å². The lowest BCUT2D eigenvalue weighted by Crippen LogP contribution is -2.26. The molecule has 1 fully saturated rings. The number of thioether (sulfide) groups is 1. The molecule has 2 aromatic rings. The van der Waals surface area contributed by atoms with Crippen molar-refractivity contribution in [3.05, 3.63) is 52.2 Å². The molecule has 0 unspecified atom stereocenters. The third kappa shape index (κ3) is 4.73. The molecule has 0 saturated heterocycles. The van der Waals surface area contributed by atoms with Crippen molar-refractivity contribution in [2.75, 3.05) is 12.9 Å². The fraction of sp³-hybridized carbons (Fsp3) is 0.409. The van der Waals surface area contributed by atoms with E-state index in [2.05, 4.69) is 16.8 Å². The average Bonchev–Trinajstić information content (AvgIpc) is 3.40. The Balaban J connectivity index is 1.40. The van der Waals surface area contributed by atoms with Crippen molar-refractivity contribution in [3.8, 4) is 5.75 Å². The van der Waals surface area contributed by atoms with Gasteiger partial charge in [0.25, 0.3) is 0 Å². The fourth-order valence-electron chi connectivity index (χ4n) is 3.77. The van der Waals surface area contributed by atoms with Gasteiger partial charge < -0.3 is 10.1 Å². The number of carbonyl (C=O) groups is 1. The zero-order valence-corrected chi connectivity index (χ0v) is 18.2. The second-order valence-corrected chi connectivity index (χ2v) is 9.19. The molecule has 5 nitrogen and oxygen atoms in total. The first-order chi connectivity index (χ1) is 14.2. The number of thiophene rings is 1. The van der Waals surface area contributed by atoms with Crippen LogP contribution in [0.15, 0.2) is 51.8 Å². The number of nitrogens with zero attached hydrogens (tertiary/aromatic N) is 2. The Bertz CT molecular complexity index is 916. The van der Waals surface area contributed by atoms with Gasteiger partial charge in [0.2, 0.25) is 5.91 Å². The predicted octanol–water partition coefficient (Wildman–Crippen LogP) is 4.67. The summed E-state index contributed by atoms with van der Waals surface area (Å²) in [5.74, 6) is 1.10. The molecule has 1 aromatic carbocycles. The summed E-state index contributed by atoms with van der Waals surface area (Å²) in [4.78, 5) is 23.7. The van der Waals surface area contributed by atoms with E-state index in [1.165, 1.54) is 31.0 Å². The maximum Gasteiger partial charge on any atom is 0.230 e. The largest absolute Gasteiger partial charge is 0.496 e. The number of ether oxygens (including phenoxy) is 1. The van der Waals surface area contributed by atoms with Crippen LogP contribution in [0.2, 0.25) is 0 Å². The van der Waals surface area contributed by atoms with Crippen molar-refractivity contribution in [2.24, 2.45) is 9.98 Å². The summed E-state index contributed by atoms with van der Waals surface area (Å²) in [7, 11) is 1.64. The second kappa shape index (κ2) is 9.13. The minimum atomic E-state index is -0.298. The third-order valence-corrected chi connectivity index (χ3v) is 7.09. The van der Waals surface area contributed by atoms with E-state index in [0.29, 0.717) is 12.3 Å². The quantitative estimate of drug-likeness (QED) is 0.729. The van der Waals surface area contributed by atoms with E-state index >= 15 is 0 Å². The zero-order valence-electron chi connectivity index (χ0n) is 16.5. The van der Waals surface area contributed by atoms with Gasteiger partial charge in [0.15, 0.2) is 5.66 Å². The molecule has 0 radical (unpaired) electrons. The molecular weight excluding hydrogens is 402 g/mol. The van der Waals surface area contributed by atoms with Gasteiger partial charge in [-0.25, -0.2) is 4.99 Å². The Labute approximate surface area is 179 Å². The van der Waals surface area contributed by atoms with Gasteiger partial charge >= 0.3 is 0 Å². The van der Waals surface area contributed by atoms with E-state index in [9.17, 15) is 4.79 Å². The number of aliphatic imine (C=N–C) groups is 2. The molecule has 1 aliphatic carbocycles. The van der Waals surface area contributed by atoms with Crippen LogP contribution in [0.5, 0.6) is 5.75 Å². The lowest BCUT2D eigenvalue weighted by atomic mass is 9.90. The van der Waals surface area contributed by atoms with Crippen LogP contribution in [0, 0.1) is 0 Å². The van der Waals surface area contributed by atoms with Crippen LogP contribution < -0.4 is 10.1 Å². The molecule has 7 heteroatoms. The highest BCUT2D eigenvalue weighted by Crippen LogP contribution is 2.39. The molecule has 152 valence electrons. The molecule has 0 bridgehead atoms. The van der Waals surface area contributed by atoms with Crippen molar-refractivity contribution in [1.82, 2.24) is 5.32 Å². The number of hydrogen-bond acceptors (Lipinski definition) is 6. The van der Waals surface area contributed by atoms with Crippen LogP contribution in [-0.2, 0) is 11.3 Å². The first kappa shape index (κ1) is 20.2. The summed E-state index contributed by atoms with van der Waals surface area (Å²) in [6.45, 7) is 0.450. The highest BCUT2D eigenvalue weighted by Gasteiger charge is 2.38. The molecule has 29 heavy (non-hydrogen) atoms. The Morgan fingerprint density at radius 2 is 2.00 bits per heavy atom. The number of methoxy groups -OCH3 is 1. The van der Waals surface area contributed by atoms with E-state index in [1.807, 2.05) is 30.3 Å². The van der Waals surface area contributed by atoms with Crippen molar-refractivity contribution < 1.29 is 9.53 Å². The SMILES string of the molecule is COc1ccccc1CNC(=O)CSC1=NC2(CCCCC2)N=C1c1cccs1. The summed E-state index contributed by atoms with van der Waals surface area (Å²) in [6.07, 6.45) is 5.61. The Morgan fingerprint density at radius 3 is 2.76 bits per heavy atom. The summed E-state index contributed by atoms with van der Waals surface area (Å²) in [5.41, 5.74) is 1.63. The van der Waals surface area contributed by atoms with Crippen molar-refractivity contribution in [2.45, 2.75) is 44.3 Å². The van der Waals surface area contributed by atoms with Gasteiger partial charge in [-0.3, -0.25) is 9.79 Å². The fourth-order valence-corrected chi connectivity index (χ4v) is 5.44. The Kier molecular flexibility index (Phi) is 6.35. The zero-order chi connectivity index (χ0) is 20.1. The Hall–Kier alpha value is -2.12. The van der Waals surface area contributed by atoms with Gasteiger partial charge in [-0.15, -0.1) is 11.3 Å². The number of amides is 1. The molecule has 2 aliphatic rings. The molecule has 4 rings (SSSR count). The molecule has 1 aromatic heterocycles. The number of nitrogens with one attached hydrogen (secondary N) is 1. The number of benzene rings is 1. The van der Waals surface area contributed by atoms with Gasteiger partial charge in [0.1, 0.15) is 16.5 Å². The normalized spacial score (nSPS) is 17.7. The number of rotatable bonds is 6. The van der Waals surface area contributed by atoms with Crippen LogP contribution in [0.4, 0.5) is 0 Å². The lowest BCUT2D eigenvalue weighted by molar-refractivity contribution is -0.118. The van der Waals surface area contributed by atoms with Crippen LogP contribution in [0.25, 0.3) is 0 Å². The van der Waals surface area contributed by atoms with Crippen molar-refractivity contribution in [3.63, 3.8) is 0 Å². The average molecular weight is 428 g/mol. The van der Waals surface area contributed by atoms with Gasteiger partial charge in [0.05, 0.1) is 17.7 Å². The molecular formula is C22H25N3O2S2. The van der Waals surface area contributed by atoms with Crippen LogP contribution in [0.3, 0.4) is 0 Å². The summed E-state index contributed by atoms with van der Waals surface area (Å²) >= 11 is 3.17. The van der Waals surface area contributed by atoms with Gasteiger partial charge in [-0.1, -0.05) is 42.4 Å². The first-order valence-corrected chi connectivity index (χ1v) is 11.8. The molecule has 1 spiro atoms. The van der Waals surface area contributed by atoms with Crippen molar-refractivity contribution in [1.29, 1.82) is 0 Å². The highest BCUT2D eigenvalue weighted by atomic mass is 32.2. The van der Waals surface area contributed by atoms with E-state index in [4.69, 9.17) is 14.7 Å². The maximum atomic E-state index is 12.5. The van der Waals surface area contributed by atoms with Gasteiger partial charge in [-0.2, -0.15) is 0 Å². The minimum absolute atomic E-state index is 0.0151. The van der Waals surface area contributed by atoms with Gasteiger partial charge in [-0.05, 0) is 43.2 Å². The van der Waals surface area contributed by atoms with E-state index in [0.717, 1.165) is 39.8 Å². The molecule has 1 amide bonds. The summed E-state index contributed by atoms with van der Waals surface area (Å²) < 4.78 is 5.35. The predicted molar refractivity (Wildman–Crippen MR) is 121 cm³/mol. The highest BCUT2D eigenvalue weighted by molar-refractivity contribution is 8.16. The van der Waals surface area contributed by atoms with E-state index < -0.39 is 0 Å². The molecule has 1 aliphatic heterocycles. The Morgan fingerprint density at radius 1 is 1.17 bits per heavy atom. The van der Waals surface area contributed by atoms with E-state index in [-0.39, 0.29) is 11.6 Å². The number of para-hydroxylation sites is 1. The number of carbonyl (C=O) groups excluding carboxylic acids is 1. The smallest absolute Gasteiger partial charge is 0.230 e. The van der Waals surface area contributed by atoms with E-state index in [1.54, 1.807) is 18.4 Å². The molecule has 1 N–H and O–H groups in total. The minimum Gasteiger partial charge on any atom is -0.496 e. The number of hydrogen-bond donors (Lipinski definition) is 1. The third-order valence-electron chi connectivity index (χ3n) is 5.25. The first-order valence-electron chi connectivity index (χ1n) is 9.94. The maximum absolute atomic E-state index is 12.5. The van der Waals surface area contributed by atoms with Crippen LogP contribution >= 0.6 is 23.1 Å². The van der Waals surface area contributed by atoms with Gasteiger partial charge in [0, 0.05) is 12.1 Å².